The molecule has 0 radical (unpaired) electrons. The van der Waals surface area contributed by atoms with Crippen LogP contribution < -0.4 is 5.32 Å². The Labute approximate surface area is 116 Å². The topological polar surface area (TPSA) is 33.1 Å². The Hall–Kier alpha value is -0.870. The molecule has 0 bridgehead atoms. The molecule has 1 aromatic rings. The van der Waals surface area contributed by atoms with Gasteiger partial charge in [-0.05, 0) is 32.8 Å². The number of nitrogens with zero attached hydrogens (tertiary/aromatic N) is 3. The normalized spacial score (nSPS) is 24.9. The van der Waals surface area contributed by atoms with Crippen LogP contribution in [0.3, 0.4) is 0 Å². The van der Waals surface area contributed by atoms with E-state index in [2.05, 4.69) is 41.0 Å². The summed E-state index contributed by atoms with van der Waals surface area (Å²) < 4.78 is 2.20. The second kappa shape index (κ2) is 5.25. The van der Waals surface area contributed by atoms with Gasteiger partial charge >= 0.3 is 0 Å². The highest BCUT2D eigenvalue weighted by Crippen LogP contribution is 2.28. The van der Waals surface area contributed by atoms with Gasteiger partial charge < -0.3 is 5.32 Å². The highest BCUT2D eigenvalue weighted by atomic mass is 15.3. The number of piperazine rings is 1. The zero-order chi connectivity index (χ0) is 13.3. The largest absolute Gasteiger partial charge is 0.309 e. The summed E-state index contributed by atoms with van der Waals surface area (Å²) in [6.07, 6.45) is 7.53. The molecular weight excluding hydrogens is 236 g/mol. The first-order valence-electron chi connectivity index (χ1n) is 7.64. The minimum absolute atomic E-state index is 0.228. The van der Waals surface area contributed by atoms with Crippen molar-refractivity contribution in [1.29, 1.82) is 0 Å². The number of nitrogens with one attached hydrogen (secondary N) is 1. The quantitative estimate of drug-likeness (QED) is 0.906. The van der Waals surface area contributed by atoms with Crippen molar-refractivity contribution in [2.45, 2.75) is 57.7 Å². The van der Waals surface area contributed by atoms with Gasteiger partial charge in [-0.2, -0.15) is 5.10 Å². The van der Waals surface area contributed by atoms with Crippen LogP contribution in [0.4, 0.5) is 0 Å². The summed E-state index contributed by atoms with van der Waals surface area (Å²) in [7, 11) is 0. The van der Waals surface area contributed by atoms with E-state index in [9.17, 15) is 0 Å². The molecule has 2 aliphatic rings. The summed E-state index contributed by atoms with van der Waals surface area (Å²) in [4.78, 5) is 2.51. The summed E-state index contributed by atoms with van der Waals surface area (Å²) >= 11 is 0. The zero-order valence-corrected chi connectivity index (χ0v) is 12.2. The molecule has 1 saturated carbocycles. The highest BCUT2D eigenvalue weighted by Gasteiger charge is 2.26. The third kappa shape index (κ3) is 3.18. The first-order chi connectivity index (χ1) is 9.12. The van der Waals surface area contributed by atoms with E-state index in [1.54, 1.807) is 0 Å². The molecule has 2 fully saturated rings. The average Bonchev–Trinajstić information content (AvgIpc) is 2.96. The lowest BCUT2D eigenvalue weighted by Crippen LogP contribution is -2.56. The van der Waals surface area contributed by atoms with Gasteiger partial charge in [-0.3, -0.25) is 9.58 Å². The standard InChI is InChI=1S/C15H26N4/c1-15(2)12-18(10-8-16-15)11-13-7-9-19(17-13)14-5-3-4-6-14/h7,9,14,16H,3-6,8,10-12H2,1-2H3. The smallest absolute Gasteiger partial charge is 0.0764 e. The first-order valence-corrected chi connectivity index (χ1v) is 7.64. The molecule has 0 atom stereocenters. The summed E-state index contributed by atoms with van der Waals surface area (Å²) in [6.45, 7) is 8.84. The van der Waals surface area contributed by atoms with Crippen molar-refractivity contribution in [3.8, 4) is 0 Å². The molecule has 106 valence electrons. The summed E-state index contributed by atoms with van der Waals surface area (Å²) in [5.41, 5.74) is 1.45. The first kappa shape index (κ1) is 13.1. The van der Waals surface area contributed by atoms with Crippen LogP contribution in [-0.4, -0.2) is 39.9 Å². The Balaban J connectivity index is 1.60. The molecule has 0 aromatic carbocycles. The van der Waals surface area contributed by atoms with Crippen molar-refractivity contribution in [2.24, 2.45) is 0 Å². The van der Waals surface area contributed by atoms with Crippen molar-refractivity contribution >= 4 is 0 Å². The van der Waals surface area contributed by atoms with Gasteiger partial charge in [-0.15, -0.1) is 0 Å². The van der Waals surface area contributed by atoms with Crippen LogP contribution in [0.15, 0.2) is 12.3 Å². The van der Waals surface area contributed by atoms with Gasteiger partial charge in [0.2, 0.25) is 0 Å². The van der Waals surface area contributed by atoms with Crippen LogP contribution in [0, 0.1) is 0 Å². The number of aromatic nitrogens is 2. The van der Waals surface area contributed by atoms with Gasteiger partial charge in [0.25, 0.3) is 0 Å². The van der Waals surface area contributed by atoms with Gasteiger partial charge in [0, 0.05) is 37.9 Å². The second-order valence-electron chi connectivity index (χ2n) is 6.75. The monoisotopic (exact) mass is 262 g/mol. The number of hydrogen-bond acceptors (Lipinski definition) is 3. The van der Waals surface area contributed by atoms with Crippen LogP contribution in [0.2, 0.25) is 0 Å². The van der Waals surface area contributed by atoms with Gasteiger partial charge in [0.05, 0.1) is 11.7 Å². The molecule has 1 N–H and O–H groups in total. The molecule has 1 aliphatic carbocycles. The molecule has 1 saturated heterocycles. The maximum Gasteiger partial charge on any atom is 0.0764 e. The van der Waals surface area contributed by atoms with Crippen LogP contribution in [0.25, 0.3) is 0 Å². The molecule has 1 aliphatic heterocycles. The van der Waals surface area contributed by atoms with Gasteiger partial charge in [-0.1, -0.05) is 12.8 Å². The molecule has 4 heteroatoms. The van der Waals surface area contributed by atoms with E-state index < -0.39 is 0 Å². The maximum absolute atomic E-state index is 4.79. The molecule has 0 unspecified atom stereocenters. The van der Waals surface area contributed by atoms with Crippen molar-refractivity contribution < 1.29 is 0 Å². The van der Waals surface area contributed by atoms with Crippen LogP contribution in [-0.2, 0) is 6.54 Å². The Morgan fingerprint density at radius 2 is 2.16 bits per heavy atom. The summed E-state index contributed by atoms with van der Waals surface area (Å²) in [6, 6.07) is 2.86. The lowest BCUT2D eigenvalue weighted by Gasteiger charge is -2.38. The zero-order valence-electron chi connectivity index (χ0n) is 12.2. The highest BCUT2D eigenvalue weighted by molar-refractivity contribution is 5.01. The lowest BCUT2D eigenvalue weighted by atomic mass is 10.0. The van der Waals surface area contributed by atoms with Crippen molar-refractivity contribution in [3.63, 3.8) is 0 Å². The fourth-order valence-corrected chi connectivity index (χ4v) is 3.44. The average molecular weight is 262 g/mol. The predicted octanol–water partition coefficient (Wildman–Crippen LogP) is 2.18. The molecule has 1 aromatic heterocycles. The molecule has 2 heterocycles. The third-order valence-corrected chi connectivity index (χ3v) is 4.40. The van der Waals surface area contributed by atoms with E-state index in [4.69, 9.17) is 5.10 Å². The fraction of sp³-hybridized carbons (Fsp3) is 0.800. The van der Waals surface area contributed by atoms with Crippen LogP contribution in [0.1, 0.15) is 51.3 Å². The third-order valence-electron chi connectivity index (χ3n) is 4.40. The molecule has 0 amide bonds. The van der Waals surface area contributed by atoms with Crippen LogP contribution >= 0.6 is 0 Å². The Kier molecular flexibility index (Phi) is 3.63. The van der Waals surface area contributed by atoms with E-state index in [1.165, 1.54) is 31.4 Å². The van der Waals surface area contributed by atoms with E-state index in [-0.39, 0.29) is 5.54 Å². The predicted molar refractivity (Wildman–Crippen MR) is 77.1 cm³/mol. The number of rotatable bonds is 3. The minimum atomic E-state index is 0.228. The van der Waals surface area contributed by atoms with Crippen molar-refractivity contribution in [2.75, 3.05) is 19.6 Å². The van der Waals surface area contributed by atoms with E-state index in [0.29, 0.717) is 6.04 Å². The van der Waals surface area contributed by atoms with Gasteiger partial charge in [0.1, 0.15) is 0 Å². The van der Waals surface area contributed by atoms with E-state index >= 15 is 0 Å². The molecule has 3 rings (SSSR count). The fourth-order valence-electron chi connectivity index (χ4n) is 3.44. The number of hydrogen-bond donors (Lipinski definition) is 1. The lowest BCUT2D eigenvalue weighted by molar-refractivity contribution is 0.146. The van der Waals surface area contributed by atoms with Gasteiger partial charge in [0.15, 0.2) is 0 Å². The van der Waals surface area contributed by atoms with Gasteiger partial charge in [-0.25, -0.2) is 0 Å². The molecular formula is C15H26N4. The summed E-state index contributed by atoms with van der Waals surface area (Å²) in [5.74, 6) is 0. The molecule has 0 spiro atoms. The molecule has 19 heavy (non-hydrogen) atoms. The SMILES string of the molecule is CC1(C)CN(Cc2ccn(C3CCCC3)n2)CCN1. The Morgan fingerprint density at radius 3 is 2.89 bits per heavy atom. The van der Waals surface area contributed by atoms with Crippen molar-refractivity contribution in [3.05, 3.63) is 18.0 Å². The molecule has 4 nitrogen and oxygen atoms in total. The Morgan fingerprint density at radius 1 is 1.37 bits per heavy atom. The minimum Gasteiger partial charge on any atom is -0.309 e. The summed E-state index contributed by atoms with van der Waals surface area (Å²) in [5, 5.41) is 8.35. The second-order valence-corrected chi connectivity index (χ2v) is 6.75. The Bertz CT molecular complexity index is 418. The van der Waals surface area contributed by atoms with E-state index in [1.807, 2.05) is 0 Å². The maximum atomic E-state index is 4.79. The van der Waals surface area contributed by atoms with Crippen molar-refractivity contribution in [1.82, 2.24) is 20.0 Å². The van der Waals surface area contributed by atoms with Crippen LogP contribution in [0.5, 0.6) is 0 Å². The van der Waals surface area contributed by atoms with E-state index in [0.717, 1.165) is 26.2 Å².